The molecule has 7 nitrogen and oxygen atoms in total. The summed E-state index contributed by atoms with van der Waals surface area (Å²) in [5, 5.41) is 11.9. The zero-order valence-corrected chi connectivity index (χ0v) is 15.6. The van der Waals surface area contributed by atoms with E-state index in [1.807, 2.05) is 4.90 Å². The molecule has 0 spiro atoms. The van der Waals surface area contributed by atoms with Crippen LogP contribution in [-0.4, -0.2) is 54.0 Å². The zero-order chi connectivity index (χ0) is 19.4. The minimum absolute atomic E-state index is 0.0907. The van der Waals surface area contributed by atoms with Crippen LogP contribution in [0.1, 0.15) is 48.0 Å². The maximum absolute atomic E-state index is 12.4. The summed E-state index contributed by atoms with van der Waals surface area (Å²) in [6, 6.07) is 5.02. The van der Waals surface area contributed by atoms with Crippen molar-refractivity contribution in [3.8, 4) is 5.75 Å². The first kappa shape index (κ1) is 19.2. The van der Waals surface area contributed by atoms with E-state index < -0.39 is 5.97 Å². The molecule has 1 aromatic carbocycles. The average molecular weight is 374 g/mol. The lowest BCUT2D eigenvalue weighted by Crippen LogP contribution is -2.37. The van der Waals surface area contributed by atoms with E-state index in [0.29, 0.717) is 37.7 Å². The molecule has 2 N–H and O–H groups in total. The van der Waals surface area contributed by atoms with Crippen molar-refractivity contribution in [1.29, 1.82) is 0 Å². The van der Waals surface area contributed by atoms with Crippen LogP contribution in [0.25, 0.3) is 0 Å². The Hall–Kier alpha value is -2.57. The zero-order valence-electron chi connectivity index (χ0n) is 15.6. The number of carbonyl (C=O) groups is 3. The molecule has 1 heterocycles. The third-order valence-electron chi connectivity index (χ3n) is 5.52. The summed E-state index contributed by atoms with van der Waals surface area (Å²) in [4.78, 5) is 37.6. The first-order chi connectivity index (χ1) is 13.0. The fourth-order valence-electron chi connectivity index (χ4n) is 4.02. The number of likely N-dealkylation sites (tertiary alicyclic amines) is 1. The van der Waals surface area contributed by atoms with Gasteiger partial charge in [0.1, 0.15) is 5.75 Å². The molecule has 3 rings (SSSR count). The van der Waals surface area contributed by atoms with Crippen molar-refractivity contribution in [1.82, 2.24) is 10.2 Å². The molecule has 2 fully saturated rings. The fraction of sp³-hybridized carbons (Fsp3) is 0.550. The predicted octanol–water partition coefficient (Wildman–Crippen LogP) is 1.84. The van der Waals surface area contributed by atoms with Gasteiger partial charge in [-0.25, -0.2) is 4.79 Å². The Labute approximate surface area is 158 Å². The fourth-order valence-corrected chi connectivity index (χ4v) is 4.02. The number of rotatable bonds is 7. The summed E-state index contributed by atoms with van der Waals surface area (Å²) in [6.45, 7) is 0.932. The Bertz CT molecular complexity index is 727. The van der Waals surface area contributed by atoms with Gasteiger partial charge in [-0.15, -0.1) is 0 Å². The van der Waals surface area contributed by atoms with Gasteiger partial charge in [-0.3, -0.25) is 9.59 Å². The number of aromatic carboxylic acids is 1. The Morgan fingerprint density at radius 2 is 2.04 bits per heavy atom. The van der Waals surface area contributed by atoms with Gasteiger partial charge in [-0.05, 0) is 37.0 Å². The van der Waals surface area contributed by atoms with Crippen molar-refractivity contribution < 1.29 is 24.2 Å². The molecular formula is C20H26N2O5. The van der Waals surface area contributed by atoms with Crippen LogP contribution < -0.4 is 10.1 Å². The second kappa shape index (κ2) is 8.41. The summed E-state index contributed by atoms with van der Waals surface area (Å²) in [5.41, 5.74) is 0.994. The van der Waals surface area contributed by atoms with E-state index in [0.717, 1.165) is 31.2 Å². The van der Waals surface area contributed by atoms with E-state index in [1.54, 1.807) is 6.07 Å². The number of nitrogens with one attached hydrogen (secondary N) is 1. The number of benzene rings is 1. The summed E-state index contributed by atoms with van der Waals surface area (Å²) in [5.74, 6) is -0.800. The van der Waals surface area contributed by atoms with Gasteiger partial charge in [0, 0.05) is 25.6 Å². The van der Waals surface area contributed by atoms with E-state index in [1.165, 1.54) is 19.2 Å². The molecule has 146 valence electrons. The van der Waals surface area contributed by atoms with Crippen LogP contribution in [0.3, 0.4) is 0 Å². The topological polar surface area (TPSA) is 95.9 Å². The molecule has 1 aliphatic carbocycles. The molecule has 1 atom stereocenters. The highest BCUT2D eigenvalue weighted by molar-refractivity contribution is 5.89. The molecule has 27 heavy (non-hydrogen) atoms. The molecule has 1 saturated heterocycles. The Kier molecular flexibility index (Phi) is 5.98. The number of hydrogen-bond acceptors (Lipinski definition) is 4. The molecule has 0 bridgehead atoms. The van der Waals surface area contributed by atoms with Crippen molar-refractivity contribution in [2.24, 2.45) is 5.92 Å². The van der Waals surface area contributed by atoms with Gasteiger partial charge >= 0.3 is 5.97 Å². The van der Waals surface area contributed by atoms with Crippen LogP contribution in [0.4, 0.5) is 0 Å². The van der Waals surface area contributed by atoms with Gasteiger partial charge in [0.05, 0.1) is 18.6 Å². The molecule has 7 heteroatoms. The number of carboxylic acids is 1. The van der Waals surface area contributed by atoms with Crippen LogP contribution in [0, 0.1) is 5.92 Å². The number of nitrogens with zero attached hydrogens (tertiary/aromatic N) is 1. The van der Waals surface area contributed by atoms with Crippen molar-refractivity contribution >= 4 is 17.8 Å². The van der Waals surface area contributed by atoms with Crippen LogP contribution in [0.5, 0.6) is 5.75 Å². The second-order valence-corrected chi connectivity index (χ2v) is 7.26. The number of methoxy groups -OCH3 is 1. The maximum Gasteiger partial charge on any atom is 0.335 e. The molecule has 1 unspecified atom stereocenters. The molecule has 0 aromatic heterocycles. The third-order valence-corrected chi connectivity index (χ3v) is 5.52. The normalized spacial score (nSPS) is 20.1. The smallest absolute Gasteiger partial charge is 0.335 e. The quantitative estimate of drug-likeness (QED) is 0.759. The summed E-state index contributed by atoms with van der Waals surface area (Å²) < 4.78 is 5.25. The first-order valence-electron chi connectivity index (χ1n) is 9.47. The van der Waals surface area contributed by atoms with Crippen LogP contribution in [-0.2, 0) is 16.0 Å². The van der Waals surface area contributed by atoms with E-state index in [-0.39, 0.29) is 23.3 Å². The van der Waals surface area contributed by atoms with Gasteiger partial charge in [-0.2, -0.15) is 0 Å². The number of amides is 2. The number of hydrogen-bond donors (Lipinski definition) is 2. The average Bonchev–Trinajstić information content (AvgIpc) is 3.31. The Morgan fingerprint density at radius 3 is 2.70 bits per heavy atom. The Balaban J connectivity index is 1.51. The molecular weight excluding hydrogens is 348 g/mol. The lowest BCUT2D eigenvalue weighted by molar-refractivity contribution is -0.130. The molecule has 1 aromatic rings. The minimum Gasteiger partial charge on any atom is -0.496 e. The minimum atomic E-state index is -1.01. The van der Waals surface area contributed by atoms with Crippen LogP contribution in [0.15, 0.2) is 18.2 Å². The van der Waals surface area contributed by atoms with Gasteiger partial charge in [0.25, 0.3) is 0 Å². The Morgan fingerprint density at radius 1 is 1.30 bits per heavy atom. The SMILES string of the molecule is COc1cc(C(=O)O)ccc1CCNC(=O)C1CC(=O)N(C2CCCC2)C1. The largest absolute Gasteiger partial charge is 0.496 e. The molecule has 2 aliphatic rings. The standard InChI is InChI=1S/C20H26N2O5/c1-27-17-10-14(20(25)26)7-6-13(17)8-9-21-19(24)15-11-18(23)22(12-15)16-4-2-3-5-16/h6-7,10,15-16H,2-5,8-9,11-12H2,1H3,(H,21,24)(H,25,26). The summed E-state index contributed by atoms with van der Waals surface area (Å²) in [7, 11) is 1.49. The third kappa shape index (κ3) is 4.40. The number of ether oxygens (including phenoxy) is 1. The van der Waals surface area contributed by atoms with E-state index >= 15 is 0 Å². The van der Waals surface area contributed by atoms with E-state index in [9.17, 15) is 14.4 Å². The van der Waals surface area contributed by atoms with E-state index in [2.05, 4.69) is 5.32 Å². The summed E-state index contributed by atoms with van der Waals surface area (Å²) in [6.07, 6.45) is 5.24. The number of carbonyl (C=O) groups excluding carboxylic acids is 2. The van der Waals surface area contributed by atoms with Gasteiger partial charge in [-0.1, -0.05) is 18.9 Å². The molecule has 0 radical (unpaired) electrons. The number of carboxylic acid groups (broad SMARTS) is 1. The van der Waals surface area contributed by atoms with Gasteiger partial charge < -0.3 is 20.1 Å². The highest BCUT2D eigenvalue weighted by Gasteiger charge is 2.38. The highest BCUT2D eigenvalue weighted by atomic mass is 16.5. The first-order valence-corrected chi connectivity index (χ1v) is 9.47. The highest BCUT2D eigenvalue weighted by Crippen LogP contribution is 2.29. The maximum atomic E-state index is 12.4. The lowest BCUT2D eigenvalue weighted by atomic mass is 10.1. The molecule has 1 aliphatic heterocycles. The molecule has 1 saturated carbocycles. The van der Waals surface area contributed by atoms with Gasteiger partial charge in [0.2, 0.25) is 11.8 Å². The van der Waals surface area contributed by atoms with Crippen LogP contribution in [0.2, 0.25) is 0 Å². The monoisotopic (exact) mass is 374 g/mol. The van der Waals surface area contributed by atoms with Gasteiger partial charge in [0.15, 0.2) is 0 Å². The molecule has 2 amide bonds. The van der Waals surface area contributed by atoms with E-state index in [4.69, 9.17) is 9.84 Å². The van der Waals surface area contributed by atoms with Crippen LogP contribution >= 0.6 is 0 Å². The van der Waals surface area contributed by atoms with Crippen molar-refractivity contribution in [2.75, 3.05) is 20.2 Å². The van der Waals surface area contributed by atoms with Crippen molar-refractivity contribution in [3.05, 3.63) is 29.3 Å². The summed E-state index contributed by atoms with van der Waals surface area (Å²) >= 11 is 0. The van der Waals surface area contributed by atoms with Crippen molar-refractivity contribution in [3.63, 3.8) is 0 Å². The second-order valence-electron chi connectivity index (χ2n) is 7.26. The lowest BCUT2D eigenvalue weighted by Gasteiger charge is -2.23. The van der Waals surface area contributed by atoms with Crippen molar-refractivity contribution in [2.45, 2.75) is 44.6 Å². The predicted molar refractivity (Wildman–Crippen MR) is 98.7 cm³/mol.